The molecule has 0 saturated carbocycles. The van der Waals surface area contributed by atoms with Gasteiger partial charge in [-0.15, -0.1) is 12.4 Å². The summed E-state index contributed by atoms with van der Waals surface area (Å²) in [4.78, 5) is 0. The van der Waals surface area contributed by atoms with Gasteiger partial charge < -0.3 is 5.32 Å². The Kier molecular flexibility index (Phi) is 3.64. The van der Waals surface area contributed by atoms with Gasteiger partial charge in [-0.05, 0) is 53.8 Å². The van der Waals surface area contributed by atoms with Crippen LogP contribution in [0.4, 0.5) is 0 Å². The van der Waals surface area contributed by atoms with Crippen molar-refractivity contribution in [3.8, 4) is 11.1 Å². The molecule has 1 aliphatic carbocycles. The van der Waals surface area contributed by atoms with Gasteiger partial charge in [0.15, 0.2) is 0 Å². The van der Waals surface area contributed by atoms with Crippen LogP contribution in [0.1, 0.15) is 24.0 Å². The molecule has 1 heterocycles. The van der Waals surface area contributed by atoms with Crippen LogP contribution in [0.15, 0.2) is 54.1 Å². The molecular weight excluding hydrogens is 266 g/mol. The van der Waals surface area contributed by atoms with Crippen LogP contribution in [0.25, 0.3) is 16.7 Å². The minimum Gasteiger partial charge on any atom is -0.316 e. The standard InChI is InChI=1S/C18H17N.ClH/c1-3-7-16-14(5-1)15-6-2-4-8-17(15)18(16)13-9-11-19-12-10-13;/h1-8,19H,9-12H2;1H. The Hall–Kier alpha value is -1.57. The normalized spacial score (nSPS) is 16.4. The molecule has 0 radical (unpaired) electrons. The van der Waals surface area contributed by atoms with Crippen molar-refractivity contribution in [2.24, 2.45) is 0 Å². The first-order valence-corrected chi connectivity index (χ1v) is 7.07. The summed E-state index contributed by atoms with van der Waals surface area (Å²) in [5.41, 5.74) is 8.79. The van der Waals surface area contributed by atoms with Crippen molar-refractivity contribution in [1.29, 1.82) is 0 Å². The third-order valence-electron chi connectivity index (χ3n) is 4.24. The molecule has 0 amide bonds. The van der Waals surface area contributed by atoms with Gasteiger partial charge >= 0.3 is 0 Å². The van der Waals surface area contributed by atoms with E-state index in [1.807, 2.05) is 0 Å². The van der Waals surface area contributed by atoms with Gasteiger partial charge in [-0.2, -0.15) is 0 Å². The van der Waals surface area contributed by atoms with Crippen LogP contribution < -0.4 is 5.32 Å². The number of halogens is 1. The van der Waals surface area contributed by atoms with Crippen LogP contribution in [0.3, 0.4) is 0 Å². The van der Waals surface area contributed by atoms with E-state index in [0.717, 1.165) is 13.1 Å². The number of rotatable bonds is 0. The fourth-order valence-corrected chi connectivity index (χ4v) is 3.38. The molecule has 0 spiro atoms. The summed E-state index contributed by atoms with van der Waals surface area (Å²) in [6, 6.07) is 17.7. The molecule has 0 unspecified atom stereocenters. The van der Waals surface area contributed by atoms with Gasteiger partial charge in [0.1, 0.15) is 0 Å². The number of hydrogen-bond donors (Lipinski definition) is 1. The Morgan fingerprint density at radius 2 is 1.10 bits per heavy atom. The topological polar surface area (TPSA) is 12.0 Å². The van der Waals surface area contributed by atoms with Crippen molar-refractivity contribution in [2.75, 3.05) is 13.1 Å². The zero-order valence-electron chi connectivity index (χ0n) is 11.4. The molecule has 20 heavy (non-hydrogen) atoms. The predicted octanol–water partition coefficient (Wildman–Crippen LogP) is 4.27. The molecule has 1 N–H and O–H groups in total. The minimum atomic E-state index is 0. The summed E-state index contributed by atoms with van der Waals surface area (Å²) in [6.07, 6.45) is 2.36. The maximum absolute atomic E-state index is 3.45. The van der Waals surface area contributed by atoms with E-state index >= 15 is 0 Å². The molecular formula is C18H18ClN. The Labute approximate surface area is 126 Å². The van der Waals surface area contributed by atoms with Gasteiger partial charge in [0, 0.05) is 0 Å². The molecule has 2 heteroatoms. The van der Waals surface area contributed by atoms with Gasteiger partial charge in [-0.25, -0.2) is 0 Å². The van der Waals surface area contributed by atoms with E-state index in [4.69, 9.17) is 0 Å². The fourth-order valence-electron chi connectivity index (χ4n) is 3.38. The molecule has 0 bridgehead atoms. The van der Waals surface area contributed by atoms with Crippen molar-refractivity contribution in [3.05, 3.63) is 65.2 Å². The van der Waals surface area contributed by atoms with Crippen molar-refractivity contribution in [1.82, 2.24) is 5.32 Å². The molecule has 1 aliphatic heterocycles. The third kappa shape index (κ3) is 1.98. The maximum Gasteiger partial charge on any atom is -0.00111 e. The van der Waals surface area contributed by atoms with E-state index in [0.29, 0.717) is 0 Å². The molecule has 2 aromatic carbocycles. The number of piperidine rings is 1. The summed E-state index contributed by atoms with van der Waals surface area (Å²) < 4.78 is 0. The average molecular weight is 284 g/mol. The lowest BCUT2D eigenvalue weighted by Crippen LogP contribution is -2.23. The molecule has 1 fully saturated rings. The van der Waals surface area contributed by atoms with E-state index in [1.54, 1.807) is 5.57 Å². The number of hydrogen-bond acceptors (Lipinski definition) is 1. The quantitative estimate of drug-likeness (QED) is 0.649. The Morgan fingerprint density at radius 3 is 1.60 bits per heavy atom. The molecule has 1 nitrogen and oxygen atoms in total. The highest BCUT2D eigenvalue weighted by molar-refractivity contribution is 6.02. The zero-order valence-corrected chi connectivity index (χ0v) is 12.2. The summed E-state index contributed by atoms with van der Waals surface area (Å²) in [7, 11) is 0. The van der Waals surface area contributed by atoms with E-state index < -0.39 is 0 Å². The Bertz CT molecular complexity index is 617. The van der Waals surface area contributed by atoms with Crippen LogP contribution in [-0.4, -0.2) is 13.1 Å². The second-order valence-corrected chi connectivity index (χ2v) is 5.32. The zero-order chi connectivity index (χ0) is 12.7. The van der Waals surface area contributed by atoms with E-state index in [2.05, 4.69) is 53.8 Å². The Morgan fingerprint density at radius 1 is 0.650 bits per heavy atom. The molecule has 2 aliphatic rings. The monoisotopic (exact) mass is 283 g/mol. The summed E-state index contributed by atoms with van der Waals surface area (Å²) in [5.74, 6) is 0. The average Bonchev–Trinajstić information content (AvgIpc) is 2.83. The van der Waals surface area contributed by atoms with E-state index in [1.165, 1.54) is 40.7 Å². The SMILES string of the molecule is Cl.c1ccc2c(c1)C(=C1CCNCC1)c1ccccc1-2. The third-order valence-corrected chi connectivity index (χ3v) is 4.24. The summed E-state index contributed by atoms with van der Waals surface area (Å²) >= 11 is 0. The number of nitrogens with one attached hydrogen (secondary N) is 1. The van der Waals surface area contributed by atoms with Crippen LogP contribution in [-0.2, 0) is 0 Å². The molecule has 1 saturated heterocycles. The number of fused-ring (bicyclic) bond motifs is 3. The van der Waals surface area contributed by atoms with Gasteiger partial charge in [0.05, 0.1) is 0 Å². The van der Waals surface area contributed by atoms with Gasteiger partial charge in [-0.3, -0.25) is 0 Å². The predicted molar refractivity (Wildman–Crippen MR) is 87.3 cm³/mol. The molecule has 0 atom stereocenters. The molecule has 0 aromatic heterocycles. The summed E-state index contributed by atoms with van der Waals surface area (Å²) in [6.45, 7) is 2.23. The largest absolute Gasteiger partial charge is 0.316 e. The highest BCUT2D eigenvalue weighted by Crippen LogP contribution is 2.46. The van der Waals surface area contributed by atoms with Crippen molar-refractivity contribution in [2.45, 2.75) is 12.8 Å². The van der Waals surface area contributed by atoms with Gasteiger partial charge in [0.25, 0.3) is 0 Å². The van der Waals surface area contributed by atoms with E-state index in [9.17, 15) is 0 Å². The first-order chi connectivity index (χ1) is 9.45. The fraction of sp³-hybridized carbons (Fsp3) is 0.222. The maximum atomic E-state index is 3.45. The smallest absolute Gasteiger partial charge is 0.00111 e. The molecule has 4 rings (SSSR count). The lowest BCUT2D eigenvalue weighted by Gasteiger charge is -2.19. The highest BCUT2D eigenvalue weighted by Gasteiger charge is 2.25. The van der Waals surface area contributed by atoms with Crippen molar-refractivity contribution in [3.63, 3.8) is 0 Å². The Balaban J connectivity index is 0.00000121. The van der Waals surface area contributed by atoms with Crippen LogP contribution in [0.5, 0.6) is 0 Å². The first-order valence-electron chi connectivity index (χ1n) is 7.07. The second-order valence-electron chi connectivity index (χ2n) is 5.32. The van der Waals surface area contributed by atoms with Crippen LogP contribution >= 0.6 is 12.4 Å². The summed E-state index contributed by atoms with van der Waals surface area (Å²) in [5, 5.41) is 3.45. The number of benzene rings is 2. The first kappa shape index (κ1) is 13.4. The second kappa shape index (κ2) is 5.43. The minimum absolute atomic E-state index is 0. The molecule has 102 valence electrons. The van der Waals surface area contributed by atoms with Gasteiger partial charge in [0.2, 0.25) is 0 Å². The van der Waals surface area contributed by atoms with Crippen LogP contribution in [0.2, 0.25) is 0 Å². The van der Waals surface area contributed by atoms with E-state index in [-0.39, 0.29) is 12.4 Å². The van der Waals surface area contributed by atoms with Crippen LogP contribution in [0, 0.1) is 0 Å². The lowest BCUT2D eigenvalue weighted by molar-refractivity contribution is 0.612. The van der Waals surface area contributed by atoms with Gasteiger partial charge in [-0.1, -0.05) is 54.1 Å². The van der Waals surface area contributed by atoms with Crippen molar-refractivity contribution >= 4 is 18.0 Å². The molecule has 2 aromatic rings. The highest BCUT2D eigenvalue weighted by atomic mass is 35.5. The lowest BCUT2D eigenvalue weighted by atomic mass is 9.92. The van der Waals surface area contributed by atoms with Crippen molar-refractivity contribution < 1.29 is 0 Å².